The van der Waals surface area contributed by atoms with Gasteiger partial charge in [0.1, 0.15) is 12.9 Å². The number of amides is 1. The van der Waals surface area contributed by atoms with Crippen LogP contribution in [0.25, 0.3) is 5.65 Å². The van der Waals surface area contributed by atoms with Crippen molar-refractivity contribution in [3.05, 3.63) is 46.8 Å². The van der Waals surface area contributed by atoms with Gasteiger partial charge in [0, 0.05) is 18.8 Å². The van der Waals surface area contributed by atoms with Crippen LogP contribution in [0.2, 0.25) is 0 Å². The topological polar surface area (TPSA) is 106 Å². The highest BCUT2D eigenvalue weighted by Gasteiger charge is 2.14. The maximum Gasteiger partial charge on any atom is 0.269 e. The van der Waals surface area contributed by atoms with Gasteiger partial charge < -0.3 is 10.6 Å². The number of carbonyl (C=O) groups excluding carboxylic acids is 1. The molecule has 28 heavy (non-hydrogen) atoms. The Morgan fingerprint density at radius 1 is 1.21 bits per heavy atom. The first-order valence-electron chi connectivity index (χ1n) is 9.28. The molecule has 0 saturated heterocycles. The standard InChI is InChI=1S/C19H25N7O2/c1-12(2)8-20-15-7-18(28)26(24-19(15)13(3)4)10-17(27)22-14-5-6-16-23-21-11-25(16)9-14/h5-7,9,11-13,20H,8,10H2,1-4H3,(H,22,27). The fourth-order valence-electron chi connectivity index (χ4n) is 2.74. The third kappa shape index (κ3) is 4.54. The fourth-order valence-corrected chi connectivity index (χ4v) is 2.74. The molecule has 0 radical (unpaired) electrons. The van der Waals surface area contributed by atoms with Gasteiger partial charge in [-0.15, -0.1) is 10.2 Å². The lowest BCUT2D eigenvalue weighted by Crippen LogP contribution is -2.31. The van der Waals surface area contributed by atoms with Crippen LogP contribution in [0.4, 0.5) is 11.4 Å². The van der Waals surface area contributed by atoms with Crippen LogP contribution in [0.5, 0.6) is 0 Å². The molecule has 0 spiro atoms. The number of nitrogens with one attached hydrogen (secondary N) is 2. The van der Waals surface area contributed by atoms with Crippen molar-refractivity contribution in [3.8, 4) is 0 Å². The van der Waals surface area contributed by atoms with Gasteiger partial charge >= 0.3 is 0 Å². The molecule has 3 heterocycles. The Kier molecular flexibility index (Phi) is 5.72. The third-order valence-corrected chi connectivity index (χ3v) is 4.14. The fraction of sp³-hybridized carbons (Fsp3) is 0.421. The molecule has 3 aromatic rings. The number of nitrogens with zero attached hydrogens (tertiary/aromatic N) is 5. The minimum Gasteiger partial charge on any atom is -0.383 e. The minimum absolute atomic E-state index is 0.112. The van der Waals surface area contributed by atoms with Gasteiger partial charge in [-0.05, 0) is 24.0 Å². The van der Waals surface area contributed by atoms with Gasteiger partial charge in [-0.3, -0.25) is 14.0 Å². The smallest absolute Gasteiger partial charge is 0.269 e. The van der Waals surface area contributed by atoms with Gasteiger partial charge in [0.2, 0.25) is 5.91 Å². The number of hydrogen-bond donors (Lipinski definition) is 2. The van der Waals surface area contributed by atoms with Crippen LogP contribution in [0.1, 0.15) is 39.3 Å². The van der Waals surface area contributed by atoms with Crippen molar-refractivity contribution in [1.29, 1.82) is 0 Å². The van der Waals surface area contributed by atoms with Crippen LogP contribution in [0.15, 0.2) is 35.5 Å². The lowest BCUT2D eigenvalue weighted by Gasteiger charge is -2.16. The third-order valence-electron chi connectivity index (χ3n) is 4.14. The minimum atomic E-state index is -0.334. The summed E-state index contributed by atoms with van der Waals surface area (Å²) in [6.45, 7) is 8.79. The summed E-state index contributed by atoms with van der Waals surface area (Å²) in [4.78, 5) is 24.9. The second-order valence-electron chi connectivity index (χ2n) is 7.43. The Morgan fingerprint density at radius 3 is 2.71 bits per heavy atom. The zero-order valence-electron chi connectivity index (χ0n) is 16.5. The lowest BCUT2D eigenvalue weighted by molar-refractivity contribution is -0.117. The van der Waals surface area contributed by atoms with E-state index < -0.39 is 0 Å². The normalized spacial score (nSPS) is 11.4. The number of fused-ring (bicyclic) bond motifs is 1. The number of carbonyl (C=O) groups is 1. The predicted octanol–water partition coefficient (Wildman–Crippen LogP) is 2.12. The Labute approximate surface area is 162 Å². The summed E-state index contributed by atoms with van der Waals surface area (Å²) in [7, 11) is 0. The van der Waals surface area contributed by atoms with Crippen molar-refractivity contribution in [2.45, 2.75) is 40.2 Å². The van der Waals surface area contributed by atoms with E-state index in [1.165, 1.54) is 10.7 Å². The van der Waals surface area contributed by atoms with E-state index >= 15 is 0 Å². The molecule has 2 N–H and O–H groups in total. The second kappa shape index (κ2) is 8.20. The Hall–Kier alpha value is -3.23. The summed E-state index contributed by atoms with van der Waals surface area (Å²) < 4.78 is 2.90. The largest absolute Gasteiger partial charge is 0.383 e. The first kappa shape index (κ1) is 19.5. The molecule has 9 nitrogen and oxygen atoms in total. The van der Waals surface area contributed by atoms with Gasteiger partial charge in [0.05, 0.1) is 17.1 Å². The monoisotopic (exact) mass is 383 g/mol. The average Bonchev–Trinajstić information content (AvgIpc) is 3.09. The number of rotatable bonds is 7. The van der Waals surface area contributed by atoms with Crippen LogP contribution in [-0.4, -0.2) is 36.8 Å². The first-order valence-corrected chi connectivity index (χ1v) is 9.28. The first-order chi connectivity index (χ1) is 13.3. The Morgan fingerprint density at radius 2 is 2.00 bits per heavy atom. The van der Waals surface area contributed by atoms with E-state index in [1.54, 1.807) is 29.1 Å². The average molecular weight is 383 g/mol. The summed E-state index contributed by atoms with van der Waals surface area (Å²) in [5.41, 5.74) is 2.44. The second-order valence-corrected chi connectivity index (χ2v) is 7.43. The zero-order valence-corrected chi connectivity index (χ0v) is 16.5. The highest BCUT2D eigenvalue weighted by molar-refractivity contribution is 5.90. The molecule has 0 unspecified atom stereocenters. The number of aromatic nitrogens is 5. The molecule has 0 fully saturated rings. The van der Waals surface area contributed by atoms with Gasteiger partial charge in [-0.25, -0.2) is 4.68 Å². The summed E-state index contributed by atoms with van der Waals surface area (Å²) in [5, 5.41) is 18.2. The molecule has 3 rings (SSSR count). The Bertz CT molecular complexity index is 1040. The van der Waals surface area contributed by atoms with E-state index in [-0.39, 0.29) is 23.9 Å². The van der Waals surface area contributed by atoms with E-state index in [0.717, 1.165) is 17.9 Å². The maximum absolute atomic E-state index is 12.4. The number of pyridine rings is 1. The van der Waals surface area contributed by atoms with Crippen molar-refractivity contribution < 1.29 is 4.79 Å². The van der Waals surface area contributed by atoms with Crippen LogP contribution >= 0.6 is 0 Å². The van der Waals surface area contributed by atoms with Gasteiger partial charge in [0.25, 0.3) is 5.56 Å². The van der Waals surface area contributed by atoms with E-state index in [2.05, 4.69) is 39.8 Å². The highest BCUT2D eigenvalue weighted by Crippen LogP contribution is 2.20. The summed E-state index contributed by atoms with van der Waals surface area (Å²) in [5.74, 6) is 0.219. The Balaban J connectivity index is 1.77. The van der Waals surface area contributed by atoms with Crippen molar-refractivity contribution in [1.82, 2.24) is 24.4 Å². The quantitative estimate of drug-likeness (QED) is 0.647. The molecular weight excluding hydrogens is 358 g/mol. The van der Waals surface area contributed by atoms with Crippen molar-refractivity contribution in [3.63, 3.8) is 0 Å². The summed E-state index contributed by atoms with van der Waals surface area (Å²) >= 11 is 0. The SMILES string of the molecule is CC(C)CNc1cc(=O)n(CC(=O)Nc2ccc3nncn3c2)nc1C(C)C. The van der Waals surface area contributed by atoms with E-state index in [0.29, 0.717) is 17.3 Å². The van der Waals surface area contributed by atoms with E-state index in [1.807, 2.05) is 13.8 Å². The van der Waals surface area contributed by atoms with Crippen LogP contribution in [-0.2, 0) is 11.3 Å². The van der Waals surface area contributed by atoms with Gasteiger partial charge in [-0.1, -0.05) is 27.7 Å². The molecule has 0 atom stereocenters. The molecule has 0 saturated carbocycles. The summed E-state index contributed by atoms with van der Waals surface area (Å²) in [6.07, 6.45) is 3.26. The van der Waals surface area contributed by atoms with Crippen molar-refractivity contribution >= 4 is 22.9 Å². The molecule has 0 aromatic carbocycles. The molecule has 1 amide bonds. The molecule has 0 aliphatic rings. The van der Waals surface area contributed by atoms with Gasteiger partial charge in [0.15, 0.2) is 5.65 Å². The zero-order chi connectivity index (χ0) is 20.3. The van der Waals surface area contributed by atoms with Gasteiger partial charge in [-0.2, -0.15) is 5.10 Å². The van der Waals surface area contributed by atoms with Crippen LogP contribution in [0.3, 0.4) is 0 Å². The highest BCUT2D eigenvalue weighted by atomic mass is 16.2. The predicted molar refractivity (Wildman–Crippen MR) is 108 cm³/mol. The van der Waals surface area contributed by atoms with Crippen LogP contribution in [0, 0.1) is 5.92 Å². The molecule has 3 aromatic heterocycles. The number of anilines is 2. The van der Waals surface area contributed by atoms with E-state index in [9.17, 15) is 9.59 Å². The molecular formula is C19H25N7O2. The maximum atomic E-state index is 12.4. The van der Waals surface area contributed by atoms with Crippen LogP contribution < -0.4 is 16.2 Å². The molecule has 0 aliphatic heterocycles. The molecule has 0 bridgehead atoms. The summed E-state index contributed by atoms with van der Waals surface area (Å²) in [6, 6.07) is 5.00. The van der Waals surface area contributed by atoms with E-state index in [4.69, 9.17) is 0 Å². The van der Waals surface area contributed by atoms with Crippen molar-refractivity contribution in [2.24, 2.45) is 5.92 Å². The lowest BCUT2D eigenvalue weighted by atomic mass is 10.1. The molecule has 0 aliphatic carbocycles. The van der Waals surface area contributed by atoms with Crippen molar-refractivity contribution in [2.75, 3.05) is 17.2 Å². The molecule has 148 valence electrons. The molecule has 9 heteroatoms. The number of hydrogen-bond acceptors (Lipinski definition) is 6.